The van der Waals surface area contributed by atoms with Gasteiger partial charge < -0.3 is 0 Å². The van der Waals surface area contributed by atoms with Crippen LogP contribution < -0.4 is 0 Å². The standard InChI is InChI=1S/3C13H15N.4C12H14N2/c1-13(2,3)12-9-14-8-10-6-4-5-7-11(10)12;1-13(2,3)12-8-10-6-4-5-7-11(10)9-14-12;1-13(2,3)12-11-7-5-4-6-10(11)8-9-14-12;1-12(2,3)11-9-6-4-5-7-10(9)13-8-14-11;1-12(2,3)11-13-8-9-6-4-5-7-10(9)14-11;2*1-12(2,3)11-10-7-5-4-6-9(10)8-13-14-11/h3*4-9H,1-3H3;4*4-8H,1-3H3. The molecule has 0 unspecified atom stereocenters. The molecule has 11 nitrogen and oxygen atoms in total. The van der Waals surface area contributed by atoms with Crippen molar-refractivity contribution in [1.82, 2.24) is 55.3 Å². The zero-order valence-corrected chi connectivity index (χ0v) is 61.9. The van der Waals surface area contributed by atoms with Gasteiger partial charge in [-0.15, -0.1) is 0 Å². The van der Waals surface area contributed by atoms with Crippen molar-refractivity contribution in [3.05, 3.63) is 272 Å². The van der Waals surface area contributed by atoms with Gasteiger partial charge in [0.1, 0.15) is 12.2 Å². The summed E-state index contributed by atoms with van der Waals surface area (Å²) in [4.78, 5) is 30.7. The van der Waals surface area contributed by atoms with Crippen molar-refractivity contribution >= 4 is 75.7 Å². The monoisotopic (exact) mass is 1300 g/mol. The SMILES string of the molecule is CC(C)(C)c1cc2ccccc2cn1.CC(C)(C)c1cncc2ccccc12.CC(C)(C)c1ncc2ccccc2n1.CC(C)(C)c1nccc2ccccc12.CC(C)(C)c1ncnc2ccccc12.CC(C)(C)c1nncc2ccccc12.CC(C)(C)c1nncc2ccccc12. The van der Waals surface area contributed by atoms with Crippen LogP contribution in [0.5, 0.6) is 0 Å². The molecule has 0 amide bonds. The zero-order valence-electron chi connectivity index (χ0n) is 61.9. The lowest BCUT2D eigenvalue weighted by atomic mass is 9.85. The van der Waals surface area contributed by atoms with Gasteiger partial charge in [0.15, 0.2) is 0 Å². The molecule has 0 aliphatic rings. The molecule has 14 rings (SSSR count). The van der Waals surface area contributed by atoms with Gasteiger partial charge in [0.2, 0.25) is 0 Å². The third kappa shape index (κ3) is 19.9. The van der Waals surface area contributed by atoms with E-state index in [9.17, 15) is 0 Å². The minimum absolute atomic E-state index is 0.0179. The Bertz CT molecular complexity index is 4280. The summed E-state index contributed by atoms with van der Waals surface area (Å²) in [5.74, 6) is 0.899. The first kappa shape index (κ1) is 73.9. The van der Waals surface area contributed by atoms with Crippen LogP contribution in [-0.2, 0) is 37.9 Å². The van der Waals surface area contributed by atoms with Crippen LogP contribution >= 0.6 is 0 Å². The molecule has 0 atom stereocenters. The topological polar surface area (TPSA) is 142 Å². The average molecular weight is 1300 g/mol. The maximum Gasteiger partial charge on any atom is 0.134 e. The van der Waals surface area contributed by atoms with Crippen molar-refractivity contribution in [2.45, 2.75) is 183 Å². The fourth-order valence-electron chi connectivity index (χ4n) is 11.0. The second-order valence-electron chi connectivity index (χ2n) is 32.0. The van der Waals surface area contributed by atoms with E-state index in [0.717, 1.165) is 61.2 Å². The fraction of sp³-hybridized carbons (Fsp3) is 0.322. The molecule has 7 aromatic heterocycles. The number of aromatic nitrogens is 11. The van der Waals surface area contributed by atoms with Gasteiger partial charge in [-0.25, -0.2) is 19.9 Å². The third-order valence-electron chi connectivity index (χ3n) is 16.2. The van der Waals surface area contributed by atoms with E-state index in [1.807, 2.05) is 116 Å². The first-order valence-corrected chi connectivity index (χ1v) is 34.0. The summed E-state index contributed by atoms with van der Waals surface area (Å²) in [6.45, 7) is 45.6. The molecule has 0 bridgehead atoms. The fourth-order valence-corrected chi connectivity index (χ4v) is 11.0. The molecule has 98 heavy (non-hydrogen) atoms. The number of pyridine rings is 3. The lowest BCUT2D eigenvalue weighted by molar-refractivity contribution is 0.548. The lowest BCUT2D eigenvalue weighted by Crippen LogP contribution is -2.15. The van der Waals surface area contributed by atoms with Crippen LogP contribution in [-0.4, -0.2) is 55.3 Å². The molecule has 11 heteroatoms. The van der Waals surface area contributed by atoms with E-state index in [1.54, 1.807) is 6.33 Å². The zero-order chi connectivity index (χ0) is 71.3. The van der Waals surface area contributed by atoms with Crippen LogP contribution in [0.2, 0.25) is 0 Å². The summed E-state index contributed by atoms with van der Waals surface area (Å²) in [7, 11) is 0. The Labute approximate surface area is 582 Å². The number of fused-ring (bicyclic) bond motifs is 7. The molecular weight excluding hydrogens is 1200 g/mol. The van der Waals surface area contributed by atoms with E-state index in [4.69, 9.17) is 0 Å². The summed E-state index contributed by atoms with van der Waals surface area (Å²) in [6.07, 6.45) is 14.9. The summed E-state index contributed by atoms with van der Waals surface area (Å²) < 4.78 is 0. The third-order valence-corrected chi connectivity index (χ3v) is 16.2. The van der Waals surface area contributed by atoms with Gasteiger partial charge in [0.25, 0.3) is 0 Å². The van der Waals surface area contributed by atoms with Crippen LogP contribution in [0.3, 0.4) is 0 Å². The normalized spacial score (nSPS) is 11.9. The Morgan fingerprint density at radius 1 is 0.255 bits per heavy atom. The highest BCUT2D eigenvalue weighted by atomic mass is 15.1. The molecule has 7 heterocycles. The van der Waals surface area contributed by atoms with E-state index in [1.165, 1.54) is 54.3 Å². The molecule has 0 saturated carbocycles. The lowest BCUT2D eigenvalue weighted by Gasteiger charge is -2.20. The summed E-state index contributed by atoms with van der Waals surface area (Å²) >= 11 is 0. The van der Waals surface area contributed by atoms with E-state index in [-0.39, 0.29) is 37.9 Å². The Balaban J connectivity index is 0.000000146. The number of hydrogen-bond donors (Lipinski definition) is 0. The van der Waals surface area contributed by atoms with E-state index >= 15 is 0 Å². The Hall–Kier alpha value is -9.87. The predicted octanol–water partition coefficient (Wildman–Crippen LogP) is 22.3. The van der Waals surface area contributed by atoms with Gasteiger partial charge in [-0.2, -0.15) is 20.4 Å². The largest absolute Gasteiger partial charge is 0.264 e. The molecule has 0 aliphatic heterocycles. The first-order chi connectivity index (χ1) is 46.1. The van der Waals surface area contributed by atoms with E-state index in [2.05, 4.69) is 310 Å². The Morgan fingerprint density at radius 3 is 1.16 bits per heavy atom. The molecule has 0 fully saturated rings. The highest BCUT2D eigenvalue weighted by Gasteiger charge is 2.23. The smallest absolute Gasteiger partial charge is 0.134 e. The molecule has 14 aromatic rings. The first-order valence-electron chi connectivity index (χ1n) is 34.0. The Morgan fingerprint density at radius 2 is 0.663 bits per heavy atom. The average Bonchev–Trinajstić information content (AvgIpc) is 0.808. The molecule has 0 aliphatic carbocycles. The van der Waals surface area contributed by atoms with Crippen LogP contribution in [0.25, 0.3) is 75.7 Å². The Kier molecular flexibility index (Phi) is 23.5. The van der Waals surface area contributed by atoms with Crippen LogP contribution in [0.1, 0.15) is 185 Å². The van der Waals surface area contributed by atoms with Gasteiger partial charge in [-0.05, 0) is 51.4 Å². The molecule has 504 valence electrons. The maximum atomic E-state index is 4.54. The van der Waals surface area contributed by atoms with Gasteiger partial charge in [-0.3, -0.25) is 15.0 Å². The number of benzene rings is 7. The second-order valence-corrected chi connectivity index (χ2v) is 32.0. The van der Waals surface area contributed by atoms with Gasteiger partial charge in [0, 0.05) is 118 Å². The second kappa shape index (κ2) is 31.1. The van der Waals surface area contributed by atoms with E-state index in [0.29, 0.717) is 0 Å². The molecule has 0 spiro atoms. The van der Waals surface area contributed by atoms with Crippen LogP contribution in [0, 0.1) is 0 Å². The van der Waals surface area contributed by atoms with Crippen molar-refractivity contribution in [2.75, 3.05) is 0 Å². The molecule has 0 N–H and O–H groups in total. The van der Waals surface area contributed by atoms with Crippen LogP contribution in [0.4, 0.5) is 0 Å². The number of nitrogens with zero attached hydrogens (tertiary/aromatic N) is 11. The van der Waals surface area contributed by atoms with Gasteiger partial charge >= 0.3 is 0 Å². The predicted molar refractivity (Wildman–Crippen MR) is 414 cm³/mol. The van der Waals surface area contributed by atoms with Crippen molar-refractivity contribution in [3.63, 3.8) is 0 Å². The van der Waals surface area contributed by atoms with E-state index < -0.39 is 0 Å². The summed E-state index contributed by atoms with van der Waals surface area (Å²) in [5, 5.41) is 31.0. The highest BCUT2D eigenvalue weighted by molar-refractivity contribution is 5.88. The van der Waals surface area contributed by atoms with Crippen molar-refractivity contribution < 1.29 is 0 Å². The van der Waals surface area contributed by atoms with Crippen molar-refractivity contribution in [2.24, 2.45) is 0 Å². The quantitative estimate of drug-likeness (QED) is 0.143. The minimum Gasteiger partial charge on any atom is -0.264 e. The van der Waals surface area contributed by atoms with Gasteiger partial charge in [0.05, 0.1) is 46.2 Å². The highest BCUT2D eigenvalue weighted by Crippen LogP contribution is 2.33. The number of para-hydroxylation sites is 2. The van der Waals surface area contributed by atoms with Crippen molar-refractivity contribution in [3.8, 4) is 0 Å². The van der Waals surface area contributed by atoms with Crippen LogP contribution in [0.15, 0.2) is 232 Å². The molecule has 0 radical (unpaired) electrons. The van der Waals surface area contributed by atoms with Crippen molar-refractivity contribution in [1.29, 1.82) is 0 Å². The van der Waals surface area contributed by atoms with Gasteiger partial charge in [-0.1, -0.05) is 303 Å². The maximum absolute atomic E-state index is 4.54. The summed E-state index contributed by atoms with van der Waals surface area (Å²) in [5.41, 5.74) is 9.52. The molecule has 0 saturated heterocycles. The number of hydrogen-bond acceptors (Lipinski definition) is 11. The summed E-state index contributed by atoms with van der Waals surface area (Å²) in [6, 6.07) is 62.0. The minimum atomic E-state index is 0.0179. The molecule has 7 aromatic carbocycles. The molecular formula is C87H101N11. The number of rotatable bonds is 0.